The molecule has 0 spiro atoms. The van der Waals surface area contributed by atoms with Crippen molar-refractivity contribution in [3.63, 3.8) is 0 Å². The summed E-state index contributed by atoms with van der Waals surface area (Å²) in [6.45, 7) is 1.76. The second-order valence-corrected chi connectivity index (χ2v) is 5.22. The van der Waals surface area contributed by atoms with Gasteiger partial charge >= 0.3 is 0 Å². The number of carbonyl (C=O) groups is 2. The Hall–Kier alpha value is -2.60. The van der Waals surface area contributed by atoms with Crippen molar-refractivity contribution in [2.45, 2.75) is 6.92 Å². The molecule has 22 heavy (non-hydrogen) atoms. The zero-order valence-corrected chi connectivity index (χ0v) is 12.4. The molecule has 1 aromatic heterocycles. The van der Waals surface area contributed by atoms with Crippen LogP contribution in [0.3, 0.4) is 0 Å². The molecular formula is C15H12ClN3O3. The predicted molar refractivity (Wildman–Crippen MR) is 82.5 cm³/mol. The van der Waals surface area contributed by atoms with Crippen LogP contribution in [-0.2, 0) is 4.79 Å². The molecule has 6 nitrogen and oxygen atoms in total. The van der Waals surface area contributed by atoms with Crippen molar-refractivity contribution in [3.05, 3.63) is 46.7 Å². The summed E-state index contributed by atoms with van der Waals surface area (Å²) in [4.78, 5) is 27.6. The van der Waals surface area contributed by atoms with Crippen LogP contribution in [0.15, 0.2) is 30.6 Å². The lowest BCUT2D eigenvalue weighted by molar-refractivity contribution is -0.118. The Labute approximate surface area is 131 Å². The fourth-order valence-corrected chi connectivity index (χ4v) is 2.33. The number of benzene rings is 1. The van der Waals surface area contributed by atoms with Gasteiger partial charge in [0.05, 0.1) is 16.3 Å². The van der Waals surface area contributed by atoms with E-state index in [0.717, 1.165) is 5.56 Å². The number of nitrogens with one attached hydrogen (secondary N) is 2. The zero-order chi connectivity index (χ0) is 15.7. The highest BCUT2D eigenvalue weighted by Crippen LogP contribution is 2.33. The number of hydrogen-bond acceptors (Lipinski definition) is 4. The third kappa shape index (κ3) is 2.73. The number of hydrogen-bond donors (Lipinski definition) is 2. The Morgan fingerprint density at radius 3 is 3.05 bits per heavy atom. The maximum absolute atomic E-state index is 12.4. The third-order valence-corrected chi connectivity index (χ3v) is 3.53. The molecule has 3 rings (SSSR count). The molecule has 7 heteroatoms. The number of ether oxygens (including phenoxy) is 1. The van der Waals surface area contributed by atoms with E-state index < -0.39 is 0 Å². The second kappa shape index (κ2) is 5.65. The molecule has 0 radical (unpaired) electrons. The van der Waals surface area contributed by atoms with Crippen molar-refractivity contribution in [1.82, 2.24) is 4.98 Å². The van der Waals surface area contributed by atoms with Crippen molar-refractivity contribution in [2.24, 2.45) is 0 Å². The third-order valence-electron chi connectivity index (χ3n) is 3.22. The van der Waals surface area contributed by atoms with E-state index in [1.807, 2.05) is 6.92 Å². The molecule has 0 saturated carbocycles. The number of aryl methyl sites for hydroxylation is 1. The van der Waals surface area contributed by atoms with Gasteiger partial charge in [-0.25, -0.2) is 0 Å². The Morgan fingerprint density at radius 2 is 2.27 bits per heavy atom. The summed E-state index contributed by atoms with van der Waals surface area (Å²) >= 11 is 6.13. The van der Waals surface area contributed by atoms with Crippen molar-refractivity contribution in [3.8, 4) is 5.75 Å². The molecule has 0 bridgehead atoms. The number of fused-ring (bicyclic) bond motifs is 1. The fraction of sp³-hybridized carbons (Fsp3) is 0.133. The summed E-state index contributed by atoms with van der Waals surface area (Å²) in [5.74, 6) is -0.198. The van der Waals surface area contributed by atoms with Gasteiger partial charge in [0.25, 0.3) is 11.8 Å². The van der Waals surface area contributed by atoms with Crippen LogP contribution in [0.4, 0.5) is 11.4 Å². The van der Waals surface area contributed by atoms with E-state index in [1.165, 1.54) is 12.1 Å². The molecule has 0 unspecified atom stereocenters. The summed E-state index contributed by atoms with van der Waals surface area (Å²) in [5.41, 5.74) is 2.22. The molecular weight excluding hydrogens is 306 g/mol. The molecule has 112 valence electrons. The minimum atomic E-state index is -0.359. The Kier molecular flexibility index (Phi) is 3.68. The highest BCUT2D eigenvalue weighted by Gasteiger charge is 2.21. The van der Waals surface area contributed by atoms with E-state index in [9.17, 15) is 9.59 Å². The Balaban J connectivity index is 1.90. The summed E-state index contributed by atoms with van der Waals surface area (Å²) < 4.78 is 5.29. The first-order valence-electron chi connectivity index (χ1n) is 6.53. The maximum Gasteiger partial charge on any atom is 0.262 e. The van der Waals surface area contributed by atoms with E-state index in [4.69, 9.17) is 16.3 Å². The molecule has 2 heterocycles. The SMILES string of the molecule is Cc1cnccc1NC(=O)c1cc2c(cc1Cl)NC(=O)CO2. The van der Waals surface area contributed by atoms with Gasteiger partial charge in [-0.3, -0.25) is 14.6 Å². The molecule has 2 aromatic rings. The molecule has 2 amide bonds. The number of halogens is 1. The van der Waals surface area contributed by atoms with E-state index in [0.29, 0.717) is 17.1 Å². The minimum absolute atomic E-state index is 0.0842. The largest absolute Gasteiger partial charge is 0.482 e. The first kappa shape index (κ1) is 14.3. The zero-order valence-electron chi connectivity index (χ0n) is 11.6. The predicted octanol–water partition coefficient (Wildman–Crippen LogP) is 2.63. The summed E-state index contributed by atoms with van der Waals surface area (Å²) in [5, 5.41) is 5.64. The quantitative estimate of drug-likeness (QED) is 0.892. The number of aromatic nitrogens is 1. The number of pyridine rings is 1. The van der Waals surface area contributed by atoms with Gasteiger partial charge in [-0.15, -0.1) is 0 Å². The number of anilines is 2. The van der Waals surface area contributed by atoms with Crippen LogP contribution < -0.4 is 15.4 Å². The lowest BCUT2D eigenvalue weighted by Crippen LogP contribution is -2.26. The lowest BCUT2D eigenvalue weighted by atomic mass is 10.1. The second-order valence-electron chi connectivity index (χ2n) is 4.81. The van der Waals surface area contributed by atoms with E-state index in [2.05, 4.69) is 15.6 Å². The molecule has 0 fully saturated rings. The number of amides is 2. The summed E-state index contributed by atoms with van der Waals surface area (Å²) in [6.07, 6.45) is 3.25. The van der Waals surface area contributed by atoms with E-state index >= 15 is 0 Å². The van der Waals surface area contributed by atoms with Crippen LogP contribution in [0.2, 0.25) is 5.02 Å². The molecule has 1 aliphatic heterocycles. The number of carbonyl (C=O) groups excluding carboxylic acids is 2. The smallest absolute Gasteiger partial charge is 0.262 e. The van der Waals surface area contributed by atoms with Gasteiger partial charge in [-0.1, -0.05) is 11.6 Å². The van der Waals surface area contributed by atoms with Crippen molar-refractivity contribution in [1.29, 1.82) is 0 Å². The number of nitrogens with zero attached hydrogens (tertiary/aromatic N) is 1. The highest BCUT2D eigenvalue weighted by atomic mass is 35.5. The molecule has 0 aliphatic carbocycles. The van der Waals surface area contributed by atoms with Crippen molar-refractivity contribution >= 4 is 34.8 Å². The van der Waals surface area contributed by atoms with Crippen LogP contribution >= 0.6 is 11.6 Å². The molecule has 0 atom stereocenters. The molecule has 1 aromatic carbocycles. The van der Waals surface area contributed by atoms with E-state index in [1.54, 1.807) is 18.5 Å². The van der Waals surface area contributed by atoms with Gasteiger partial charge in [0.1, 0.15) is 5.75 Å². The van der Waals surface area contributed by atoms with Gasteiger partial charge in [0.15, 0.2) is 6.61 Å². The van der Waals surface area contributed by atoms with Crippen molar-refractivity contribution in [2.75, 3.05) is 17.2 Å². The van der Waals surface area contributed by atoms with Gasteiger partial charge in [-0.05, 0) is 30.7 Å². The Bertz CT molecular complexity index is 777. The number of rotatable bonds is 2. The summed E-state index contributed by atoms with van der Waals surface area (Å²) in [6, 6.07) is 4.72. The average molecular weight is 318 g/mol. The first-order valence-corrected chi connectivity index (χ1v) is 6.90. The normalized spacial score (nSPS) is 12.9. The van der Waals surface area contributed by atoms with Crippen molar-refractivity contribution < 1.29 is 14.3 Å². The molecule has 0 saturated heterocycles. The van der Waals surface area contributed by atoms with E-state index in [-0.39, 0.29) is 29.0 Å². The van der Waals surface area contributed by atoms with Crippen LogP contribution in [0.25, 0.3) is 0 Å². The molecule has 1 aliphatic rings. The van der Waals surface area contributed by atoms with Gasteiger partial charge < -0.3 is 15.4 Å². The summed E-state index contributed by atoms with van der Waals surface area (Å²) in [7, 11) is 0. The van der Waals surface area contributed by atoms with Gasteiger partial charge in [0.2, 0.25) is 0 Å². The van der Waals surface area contributed by atoms with Crippen LogP contribution in [0.5, 0.6) is 5.75 Å². The Morgan fingerprint density at radius 1 is 1.45 bits per heavy atom. The average Bonchev–Trinajstić information content (AvgIpc) is 2.48. The van der Waals surface area contributed by atoms with Crippen LogP contribution in [-0.4, -0.2) is 23.4 Å². The monoisotopic (exact) mass is 317 g/mol. The topological polar surface area (TPSA) is 80.3 Å². The molecule has 2 N–H and O–H groups in total. The highest BCUT2D eigenvalue weighted by molar-refractivity contribution is 6.35. The van der Waals surface area contributed by atoms with Gasteiger partial charge in [-0.2, -0.15) is 0 Å². The first-order chi connectivity index (χ1) is 10.5. The maximum atomic E-state index is 12.4. The van der Waals surface area contributed by atoms with Crippen LogP contribution in [0.1, 0.15) is 15.9 Å². The van der Waals surface area contributed by atoms with Gasteiger partial charge in [0, 0.05) is 18.1 Å². The minimum Gasteiger partial charge on any atom is -0.482 e. The van der Waals surface area contributed by atoms with Crippen LogP contribution in [0, 0.1) is 6.92 Å². The standard InChI is InChI=1S/C15H12ClN3O3/c1-8-6-17-3-2-11(8)19-15(21)9-4-13-12(5-10(9)16)18-14(20)7-22-13/h2-6H,7H2,1H3,(H,18,20)(H,17,19,21). The lowest BCUT2D eigenvalue weighted by Gasteiger charge is -2.19. The fourth-order valence-electron chi connectivity index (χ4n) is 2.08.